The molecule has 1 N–H and O–H groups in total. The SMILES string of the molecule is COc1ccc(-n2nc(C(=O)N3CCN(c4cccc(SF)n4)CC3)c3csc(NC(=O)OC(C)(C)C)c3c2=O)cc1. The Morgan fingerprint density at radius 1 is 1.07 bits per heavy atom. The minimum absolute atomic E-state index is 0.0799. The average Bonchev–Trinajstić information content (AvgIpc) is 3.40. The average molecular weight is 613 g/mol. The van der Waals surface area contributed by atoms with Gasteiger partial charge in [0.15, 0.2) is 5.69 Å². The maximum Gasteiger partial charge on any atom is 0.412 e. The van der Waals surface area contributed by atoms with Gasteiger partial charge in [0, 0.05) is 36.9 Å². The Hall–Kier alpha value is -4.17. The molecule has 0 radical (unpaired) electrons. The van der Waals surface area contributed by atoms with Crippen LogP contribution in [0.1, 0.15) is 31.3 Å². The number of fused-ring (bicyclic) bond motifs is 1. The van der Waals surface area contributed by atoms with E-state index in [0.29, 0.717) is 48.8 Å². The van der Waals surface area contributed by atoms with Gasteiger partial charge in [0.2, 0.25) is 0 Å². The first-order valence-electron chi connectivity index (χ1n) is 13.1. The first-order valence-corrected chi connectivity index (χ1v) is 14.7. The Bertz CT molecular complexity index is 1680. The predicted molar refractivity (Wildman–Crippen MR) is 161 cm³/mol. The van der Waals surface area contributed by atoms with Crippen molar-refractivity contribution < 1.29 is 22.9 Å². The quantitative estimate of drug-likeness (QED) is 0.316. The Balaban J connectivity index is 1.50. The second kappa shape index (κ2) is 12.0. The highest BCUT2D eigenvalue weighted by atomic mass is 32.2. The number of hydrogen-bond donors (Lipinski definition) is 1. The maximum atomic E-state index is 13.9. The van der Waals surface area contributed by atoms with E-state index >= 15 is 0 Å². The Morgan fingerprint density at radius 2 is 1.79 bits per heavy atom. The van der Waals surface area contributed by atoms with Crippen LogP contribution >= 0.6 is 23.5 Å². The predicted octanol–water partition coefficient (Wildman–Crippen LogP) is 5.14. The molecule has 220 valence electrons. The van der Waals surface area contributed by atoms with Gasteiger partial charge in [0.1, 0.15) is 39.3 Å². The molecule has 5 rings (SSSR count). The molecule has 2 amide bonds. The third-order valence-corrected chi connectivity index (χ3v) is 7.75. The smallest absolute Gasteiger partial charge is 0.412 e. The third-order valence-electron chi connectivity index (χ3n) is 6.47. The van der Waals surface area contributed by atoms with Crippen LogP contribution in [0.15, 0.2) is 57.7 Å². The summed E-state index contributed by atoms with van der Waals surface area (Å²) < 4.78 is 24.8. The van der Waals surface area contributed by atoms with Crippen molar-refractivity contribution in [1.29, 1.82) is 0 Å². The number of aromatic nitrogens is 3. The lowest BCUT2D eigenvalue weighted by Crippen LogP contribution is -2.49. The van der Waals surface area contributed by atoms with Crippen LogP contribution in [-0.4, -0.2) is 70.6 Å². The van der Waals surface area contributed by atoms with E-state index < -0.39 is 17.3 Å². The number of thiophene rings is 1. The number of anilines is 2. The molecule has 0 unspecified atom stereocenters. The summed E-state index contributed by atoms with van der Waals surface area (Å²) in [6.45, 7) is 6.91. The minimum atomic E-state index is -0.743. The molecular formula is C28H29FN6O5S2. The number of methoxy groups -OCH3 is 1. The summed E-state index contributed by atoms with van der Waals surface area (Å²) in [6.07, 6.45) is -0.716. The maximum absolute atomic E-state index is 13.9. The van der Waals surface area contributed by atoms with Gasteiger partial charge in [-0.2, -0.15) is 13.7 Å². The molecule has 4 aromatic rings. The number of carbonyl (C=O) groups excluding carboxylic acids is 2. The number of pyridine rings is 1. The molecule has 0 atom stereocenters. The number of rotatable bonds is 6. The van der Waals surface area contributed by atoms with E-state index in [9.17, 15) is 18.3 Å². The number of piperazine rings is 1. The van der Waals surface area contributed by atoms with E-state index in [4.69, 9.17) is 9.47 Å². The van der Waals surface area contributed by atoms with Crippen LogP contribution in [0.4, 0.5) is 19.5 Å². The summed E-state index contributed by atoms with van der Waals surface area (Å²) in [5.41, 5.74) is -0.739. The topological polar surface area (TPSA) is 119 Å². The van der Waals surface area contributed by atoms with Gasteiger partial charge in [-0.05, 0) is 57.2 Å². The lowest BCUT2D eigenvalue weighted by Gasteiger charge is -2.35. The van der Waals surface area contributed by atoms with E-state index in [-0.39, 0.29) is 39.2 Å². The fourth-order valence-corrected chi connectivity index (χ4v) is 5.69. The molecule has 1 aliphatic heterocycles. The fourth-order valence-electron chi connectivity index (χ4n) is 4.51. The van der Waals surface area contributed by atoms with Gasteiger partial charge < -0.3 is 19.3 Å². The number of ether oxygens (including phenoxy) is 2. The molecule has 0 saturated carbocycles. The van der Waals surface area contributed by atoms with E-state index in [2.05, 4.69) is 15.4 Å². The van der Waals surface area contributed by atoms with Crippen molar-refractivity contribution in [2.45, 2.75) is 31.4 Å². The summed E-state index contributed by atoms with van der Waals surface area (Å²) in [4.78, 5) is 48.2. The summed E-state index contributed by atoms with van der Waals surface area (Å²) >= 11 is 1.20. The molecule has 1 saturated heterocycles. The zero-order chi connectivity index (χ0) is 30.0. The molecule has 0 bridgehead atoms. The highest BCUT2D eigenvalue weighted by Gasteiger charge is 2.29. The van der Waals surface area contributed by atoms with Crippen molar-refractivity contribution in [1.82, 2.24) is 19.7 Å². The second-order valence-electron chi connectivity index (χ2n) is 10.4. The van der Waals surface area contributed by atoms with Crippen LogP contribution in [-0.2, 0) is 4.74 Å². The first kappa shape index (κ1) is 29.3. The summed E-state index contributed by atoms with van der Waals surface area (Å²) in [5.74, 6) is 0.869. The van der Waals surface area contributed by atoms with Gasteiger partial charge in [-0.15, -0.1) is 11.3 Å². The molecule has 1 aliphatic rings. The van der Waals surface area contributed by atoms with Crippen molar-refractivity contribution in [3.63, 3.8) is 0 Å². The zero-order valence-corrected chi connectivity index (χ0v) is 25.1. The number of amides is 2. The lowest BCUT2D eigenvalue weighted by molar-refractivity contribution is 0.0636. The largest absolute Gasteiger partial charge is 0.497 e. The van der Waals surface area contributed by atoms with Crippen LogP contribution in [0, 0.1) is 0 Å². The summed E-state index contributed by atoms with van der Waals surface area (Å²) in [7, 11) is 1.54. The summed E-state index contributed by atoms with van der Waals surface area (Å²) in [6, 6.07) is 11.8. The number of nitrogens with one attached hydrogen (secondary N) is 1. The third kappa shape index (κ3) is 6.19. The van der Waals surface area contributed by atoms with Crippen LogP contribution in [0.5, 0.6) is 5.75 Å². The van der Waals surface area contributed by atoms with Crippen LogP contribution < -0.4 is 20.5 Å². The second-order valence-corrected chi connectivity index (χ2v) is 11.9. The van der Waals surface area contributed by atoms with Crippen LogP contribution in [0.2, 0.25) is 0 Å². The molecular weight excluding hydrogens is 583 g/mol. The highest BCUT2D eigenvalue weighted by Crippen LogP contribution is 2.32. The van der Waals surface area contributed by atoms with Crippen molar-refractivity contribution in [3.05, 3.63) is 63.9 Å². The minimum Gasteiger partial charge on any atom is -0.497 e. The number of hydrogen-bond acceptors (Lipinski definition) is 10. The van der Waals surface area contributed by atoms with Gasteiger partial charge >= 0.3 is 6.09 Å². The van der Waals surface area contributed by atoms with Crippen molar-refractivity contribution in [2.75, 3.05) is 43.5 Å². The number of benzene rings is 1. The van der Waals surface area contributed by atoms with E-state index in [1.54, 1.807) is 73.5 Å². The molecule has 14 heteroatoms. The van der Waals surface area contributed by atoms with Gasteiger partial charge in [0.25, 0.3) is 11.5 Å². The van der Waals surface area contributed by atoms with E-state index in [0.717, 1.165) is 16.0 Å². The van der Waals surface area contributed by atoms with E-state index in [1.165, 1.54) is 7.11 Å². The zero-order valence-electron chi connectivity index (χ0n) is 23.4. The number of carbonyl (C=O) groups is 2. The van der Waals surface area contributed by atoms with Gasteiger partial charge in [-0.3, -0.25) is 14.9 Å². The molecule has 3 aromatic heterocycles. The highest BCUT2D eigenvalue weighted by molar-refractivity contribution is 7.94. The normalized spacial score (nSPS) is 13.7. The number of nitrogens with zero attached hydrogens (tertiary/aromatic N) is 5. The molecule has 0 spiro atoms. The molecule has 42 heavy (non-hydrogen) atoms. The lowest BCUT2D eigenvalue weighted by atomic mass is 10.2. The number of halogens is 1. The Morgan fingerprint density at radius 3 is 2.43 bits per heavy atom. The standard InChI is InChI=1S/C28H29FN6O5S2/c1-28(2,3)40-27(38)31-24-22-19(16-41-24)23(32-35(25(22)36)17-8-10-18(39-4)11-9-17)26(37)34-14-12-33(13-15-34)20-6-5-7-21(30-20)42-29/h5-11,16H,12-15H2,1-4H3,(H,31,38). The van der Waals surface area contributed by atoms with Gasteiger partial charge in [-0.25, -0.2) is 9.78 Å². The van der Waals surface area contributed by atoms with Crippen LogP contribution in [0.3, 0.4) is 0 Å². The molecule has 11 nitrogen and oxygen atoms in total. The molecule has 1 aromatic carbocycles. The Kier molecular flexibility index (Phi) is 8.36. The monoisotopic (exact) mass is 612 g/mol. The van der Waals surface area contributed by atoms with Crippen molar-refractivity contribution >= 4 is 57.1 Å². The molecule has 4 heterocycles. The molecule has 0 aliphatic carbocycles. The summed E-state index contributed by atoms with van der Waals surface area (Å²) in [5, 5.41) is 9.84. The van der Waals surface area contributed by atoms with E-state index in [1.807, 2.05) is 4.90 Å². The Labute approximate surface area is 249 Å². The van der Waals surface area contributed by atoms with Crippen molar-refractivity contribution in [2.24, 2.45) is 0 Å². The molecule has 1 fully saturated rings. The first-order chi connectivity index (χ1) is 20.1. The fraction of sp³-hybridized carbons (Fsp3) is 0.321. The van der Waals surface area contributed by atoms with Gasteiger partial charge in [0.05, 0.1) is 18.2 Å². The van der Waals surface area contributed by atoms with Crippen LogP contribution in [0.25, 0.3) is 16.5 Å². The van der Waals surface area contributed by atoms with Gasteiger partial charge in [-0.1, -0.05) is 6.07 Å². The van der Waals surface area contributed by atoms with Crippen molar-refractivity contribution in [3.8, 4) is 11.4 Å².